The molecule has 0 aliphatic heterocycles. The molecule has 0 fully saturated rings. The molecule has 0 atom stereocenters. The second kappa shape index (κ2) is 8.24. The van der Waals surface area contributed by atoms with Gasteiger partial charge in [0.1, 0.15) is 0 Å². The van der Waals surface area contributed by atoms with Gasteiger partial charge in [-0.05, 0) is 41.8 Å². The highest BCUT2D eigenvalue weighted by molar-refractivity contribution is 5.78. The number of nitrogen functional groups attached to an aromatic ring is 1. The molecule has 0 spiro atoms. The normalized spacial score (nSPS) is 10.3. The highest BCUT2D eigenvalue weighted by Crippen LogP contribution is 2.27. The molecule has 1 amide bonds. The number of likely N-dealkylation sites (N-methyl/N-ethyl adjacent to an activating group) is 1. The summed E-state index contributed by atoms with van der Waals surface area (Å²) in [5, 5.41) is 0. The van der Waals surface area contributed by atoms with Crippen LogP contribution in [0, 0.1) is 0 Å². The maximum Gasteiger partial charge on any atom is 0.226 e. The zero-order chi connectivity index (χ0) is 17.5. The second-order valence-corrected chi connectivity index (χ2v) is 5.67. The molecular weight excluding hydrogens is 304 g/mol. The first kappa shape index (κ1) is 17.7. The number of carbonyl (C=O) groups excluding carboxylic acids is 1. The molecule has 0 aromatic heterocycles. The van der Waals surface area contributed by atoms with Crippen LogP contribution in [0.4, 0.5) is 5.69 Å². The quantitative estimate of drug-likeness (QED) is 0.793. The zero-order valence-corrected chi connectivity index (χ0v) is 14.4. The molecule has 0 unspecified atom stereocenters. The third kappa shape index (κ3) is 4.65. The monoisotopic (exact) mass is 328 g/mol. The number of benzene rings is 2. The van der Waals surface area contributed by atoms with Gasteiger partial charge in [-0.2, -0.15) is 0 Å². The number of carbonyl (C=O) groups is 1. The number of ether oxygens (including phenoxy) is 2. The van der Waals surface area contributed by atoms with Gasteiger partial charge in [-0.3, -0.25) is 4.79 Å². The number of nitrogens with zero attached hydrogens (tertiary/aromatic N) is 1. The molecule has 2 rings (SSSR count). The SMILES string of the molecule is COc1ccc(CCN(C)C(=O)Cc2ccc(N)cc2)cc1OC. The maximum absolute atomic E-state index is 12.3. The van der Waals surface area contributed by atoms with Crippen LogP contribution in [-0.2, 0) is 17.6 Å². The molecule has 24 heavy (non-hydrogen) atoms. The molecule has 0 saturated carbocycles. The number of hydrogen-bond acceptors (Lipinski definition) is 4. The molecule has 0 radical (unpaired) electrons. The average molecular weight is 328 g/mol. The van der Waals surface area contributed by atoms with Gasteiger partial charge in [0.05, 0.1) is 20.6 Å². The number of anilines is 1. The van der Waals surface area contributed by atoms with Crippen LogP contribution in [0.3, 0.4) is 0 Å². The minimum absolute atomic E-state index is 0.0836. The molecule has 5 nitrogen and oxygen atoms in total. The number of nitrogens with two attached hydrogens (primary N) is 1. The Balaban J connectivity index is 1.91. The average Bonchev–Trinajstić information content (AvgIpc) is 2.61. The predicted molar refractivity (Wildman–Crippen MR) is 95.4 cm³/mol. The van der Waals surface area contributed by atoms with Crippen molar-refractivity contribution in [3.05, 3.63) is 53.6 Å². The van der Waals surface area contributed by atoms with Crippen molar-refractivity contribution in [3.8, 4) is 11.5 Å². The Labute approximate surface area is 143 Å². The van der Waals surface area contributed by atoms with Gasteiger partial charge in [0, 0.05) is 19.3 Å². The predicted octanol–water partition coefficient (Wildman–Crippen LogP) is 2.53. The van der Waals surface area contributed by atoms with Gasteiger partial charge >= 0.3 is 0 Å². The summed E-state index contributed by atoms with van der Waals surface area (Å²) in [5.74, 6) is 1.49. The lowest BCUT2D eigenvalue weighted by Gasteiger charge is -2.18. The molecule has 0 heterocycles. The van der Waals surface area contributed by atoms with Crippen LogP contribution in [0.2, 0.25) is 0 Å². The van der Waals surface area contributed by atoms with Crippen molar-refractivity contribution in [3.63, 3.8) is 0 Å². The van der Waals surface area contributed by atoms with Crippen LogP contribution >= 0.6 is 0 Å². The van der Waals surface area contributed by atoms with E-state index in [1.165, 1.54) is 0 Å². The number of methoxy groups -OCH3 is 2. The Kier molecular flexibility index (Phi) is 6.07. The molecule has 0 bridgehead atoms. The topological polar surface area (TPSA) is 64.8 Å². The van der Waals surface area contributed by atoms with Crippen molar-refractivity contribution in [1.82, 2.24) is 4.90 Å². The van der Waals surface area contributed by atoms with Crippen molar-refractivity contribution < 1.29 is 14.3 Å². The molecular formula is C19H24N2O3. The van der Waals surface area contributed by atoms with E-state index in [-0.39, 0.29) is 5.91 Å². The van der Waals surface area contributed by atoms with Crippen LogP contribution in [0.25, 0.3) is 0 Å². The molecule has 2 aromatic rings. The molecule has 0 aliphatic rings. The van der Waals surface area contributed by atoms with Gasteiger partial charge in [0.25, 0.3) is 0 Å². The van der Waals surface area contributed by atoms with Gasteiger partial charge in [-0.25, -0.2) is 0 Å². The highest BCUT2D eigenvalue weighted by atomic mass is 16.5. The van der Waals surface area contributed by atoms with Gasteiger partial charge in [-0.1, -0.05) is 18.2 Å². The maximum atomic E-state index is 12.3. The van der Waals surface area contributed by atoms with Crippen LogP contribution in [0.1, 0.15) is 11.1 Å². The first-order valence-electron chi connectivity index (χ1n) is 7.82. The van der Waals surface area contributed by atoms with Crippen LogP contribution < -0.4 is 15.2 Å². The first-order valence-corrected chi connectivity index (χ1v) is 7.82. The summed E-state index contributed by atoms with van der Waals surface area (Å²) < 4.78 is 10.5. The number of amides is 1. The molecule has 0 aliphatic carbocycles. The van der Waals surface area contributed by atoms with Crippen molar-refractivity contribution in [2.75, 3.05) is 33.5 Å². The fourth-order valence-corrected chi connectivity index (χ4v) is 2.40. The Morgan fingerprint density at radius 3 is 2.25 bits per heavy atom. The fourth-order valence-electron chi connectivity index (χ4n) is 2.40. The molecule has 128 valence electrons. The van der Waals surface area contributed by atoms with E-state index in [4.69, 9.17) is 15.2 Å². The van der Waals surface area contributed by atoms with Gasteiger partial charge < -0.3 is 20.1 Å². The van der Waals surface area contributed by atoms with Crippen LogP contribution in [0.5, 0.6) is 11.5 Å². The van der Waals surface area contributed by atoms with E-state index < -0.39 is 0 Å². The summed E-state index contributed by atoms with van der Waals surface area (Å²) in [6, 6.07) is 13.2. The molecule has 0 saturated heterocycles. The Hall–Kier alpha value is -2.69. The Morgan fingerprint density at radius 2 is 1.62 bits per heavy atom. The van der Waals surface area contributed by atoms with Gasteiger partial charge in [-0.15, -0.1) is 0 Å². The van der Waals surface area contributed by atoms with E-state index in [0.717, 1.165) is 17.5 Å². The third-order valence-corrected chi connectivity index (χ3v) is 3.94. The van der Waals surface area contributed by atoms with Crippen molar-refractivity contribution >= 4 is 11.6 Å². The first-order chi connectivity index (χ1) is 11.5. The Bertz CT molecular complexity index is 684. The van der Waals surface area contributed by atoms with E-state index in [1.54, 1.807) is 19.1 Å². The van der Waals surface area contributed by atoms with E-state index in [2.05, 4.69) is 0 Å². The number of rotatable bonds is 7. The lowest BCUT2D eigenvalue weighted by Crippen LogP contribution is -2.30. The molecule has 5 heteroatoms. The van der Waals surface area contributed by atoms with E-state index in [9.17, 15) is 4.79 Å². The Morgan fingerprint density at radius 1 is 1.00 bits per heavy atom. The van der Waals surface area contributed by atoms with E-state index in [1.807, 2.05) is 49.5 Å². The van der Waals surface area contributed by atoms with Gasteiger partial charge in [0.15, 0.2) is 11.5 Å². The van der Waals surface area contributed by atoms with Crippen molar-refractivity contribution in [1.29, 1.82) is 0 Å². The zero-order valence-electron chi connectivity index (χ0n) is 14.4. The summed E-state index contributed by atoms with van der Waals surface area (Å²) >= 11 is 0. The lowest BCUT2D eigenvalue weighted by atomic mass is 10.1. The summed E-state index contributed by atoms with van der Waals surface area (Å²) in [6.45, 7) is 0.642. The standard InChI is InChI=1S/C19H24N2O3/c1-21(19(22)13-14-4-7-16(20)8-5-14)11-10-15-6-9-17(23-2)18(12-15)24-3/h4-9,12H,10-11,13,20H2,1-3H3. The smallest absolute Gasteiger partial charge is 0.226 e. The van der Waals surface area contributed by atoms with Crippen LogP contribution in [-0.4, -0.2) is 38.6 Å². The van der Waals surface area contributed by atoms with E-state index >= 15 is 0 Å². The summed E-state index contributed by atoms with van der Waals surface area (Å²) in [7, 11) is 5.05. The second-order valence-electron chi connectivity index (χ2n) is 5.67. The highest BCUT2D eigenvalue weighted by Gasteiger charge is 2.11. The van der Waals surface area contributed by atoms with Gasteiger partial charge in [0.2, 0.25) is 5.91 Å². The summed E-state index contributed by atoms with van der Waals surface area (Å²) in [4.78, 5) is 14.0. The minimum Gasteiger partial charge on any atom is -0.493 e. The molecule has 2 N–H and O–H groups in total. The fraction of sp³-hybridized carbons (Fsp3) is 0.316. The summed E-state index contributed by atoms with van der Waals surface area (Å²) in [6.07, 6.45) is 1.13. The largest absolute Gasteiger partial charge is 0.493 e. The number of hydrogen-bond donors (Lipinski definition) is 1. The van der Waals surface area contributed by atoms with Crippen molar-refractivity contribution in [2.24, 2.45) is 0 Å². The van der Waals surface area contributed by atoms with E-state index in [0.29, 0.717) is 30.2 Å². The summed E-state index contributed by atoms with van der Waals surface area (Å²) in [5.41, 5.74) is 8.42. The van der Waals surface area contributed by atoms with Crippen molar-refractivity contribution in [2.45, 2.75) is 12.8 Å². The molecule has 2 aromatic carbocycles. The third-order valence-electron chi connectivity index (χ3n) is 3.94. The lowest BCUT2D eigenvalue weighted by molar-refractivity contribution is -0.129. The minimum atomic E-state index is 0.0836. The van der Waals surface area contributed by atoms with Crippen LogP contribution in [0.15, 0.2) is 42.5 Å².